The predicted octanol–water partition coefficient (Wildman–Crippen LogP) is 2.95. The van der Waals surface area contributed by atoms with E-state index in [1.54, 1.807) is 31.3 Å². The number of fused-ring (bicyclic) bond motifs is 1. The summed E-state index contributed by atoms with van der Waals surface area (Å²) >= 11 is 1.40. The fraction of sp³-hybridized carbons (Fsp3) is 0.133. The summed E-state index contributed by atoms with van der Waals surface area (Å²) < 4.78 is 15.3. The van der Waals surface area contributed by atoms with E-state index in [4.69, 9.17) is 0 Å². The summed E-state index contributed by atoms with van der Waals surface area (Å²) in [6.07, 6.45) is 4.90. The Kier molecular flexibility index (Phi) is 3.47. The minimum absolute atomic E-state index is 0.262. The summed E-state index contributed by atoms with van der Waals surface area (Å²) in [6.45, 7) is 1.77. The van der Waals surface area contributed by atoms with Crippen molar-refractivity contribution in [3.05, 3.63) is 58.4 Å². The maximum Gasteiger partial charge on any atom is 0.266 e. The van der Waals surface area contributed by atoms with Crippen molar-refractivity contribution in [1.82, 2.24) is 14.5 Å². The average molecular weight is 301 g/mol. The van der Waals surface area contributed by atoms with E-state index in [1.807, 2.05) is 6.26 Å². The van der Waals surface area contributed by atoms with Crippen LogP contribution in [0.3, 0.4) is 0 Å². The van der Waals surface area contributed by atoms with Crippen molar-refractivity contribution < 1.29 is 4.39 Å². The second kappa shape index (κ2) is 5.29. The van der Waals surface area contributed by atoms with Gasteiger partial charge in [-0.25, -0.2) is 14.4 Å². The van der Waals surface area contributed by atoms with E-state index in [0.717, 1.165) is 0 Å². The zero-order valence-corrected chi connectivity index (χ0v) is 12.3. The van der Waals surface area contributed by atoms with Gasteiger partial charge in [-0.1, -0.05) is 23.9 Å². The molecule has 106 valence electrons. The van der Waals surface area contributed by atoms with Crippen LogP contribution >= 0.6 is 11.8 Å². The van der Waals surface area contributed by atoms with Gasteiger partial charge in [0.15, 0.2) is 5.16 Å². The lowest BCUT2D eigenvalue weighted by Gasteiger charge is -2.11. The van der Waals surface area contributed by atoms with E-state index in [2.05, 4.69) is 9.97 Å². The van der Waals surface area contributed by atoms with Crippen LogP contribution in [0.15, 0.2) is 46.6 Å². The minimum Gasteiger partial charge on any atom is -0.280 e. The van der Waals surface area contributed by atoms with Gasteiger partial charge in [0.2, 0.25) is 0 Å². The average Bonchev–Trinajstić information content (AvgIpc) is 2.49. The van der Waals surface area contributed by atoms with Gasteiger partial charge in [-0.15, -0.1) is 0 Å². The fourth-order valence-electron chi connectivity index (χ4n) is 2.22. The molecule has 2 heterocycles. The summed E-state index contributed by atoms with van der Waals surface area (Å²) in [5.74, 6) is -0.432. The van der Waals surface area contributed by atoms with E-state index >= 15 is 0 Å². The molecule has 0 aliphatic rings. The maximum atomic E-state index is 14.0. The Labute approximate surface area is 124 Å². The zero-order chi connectivity index (χ0) is 15.0. The summed E-state index contributed by atoms with van der Waals surface area (Å²) in [5.41, 5.74) is 1.19. The van der Waals surface area contributed by atoms with Gasteiger partial charge in [-0.3, -0.25) is 9.36 Å². The number of nitrogens with zero attached hydrogens (tertiary/aromatic N) is 3. The van der Waals surface area contributed by atoms with Crippen molar-refractivity contribution in [1.29, 1.82) is 0 Å². The summed E-state index contributed by atoms with van der Waals surface area (Å²) in [6, 6.07) is 6.42. The lowest BCUT2D eigenvalue weighted by Crippen LogP contribution is -2.20. The van der Waals surface area contributed by atoms with Gasteiger partial charge in [0.1, 0.15) is 5.82 Å². The number of hydrogen-bond donors (Lipinski definition) is 0. The van der Waals surface area contributed by atoms with E-state index in [0.29, 0.717) is 21.6 Å². The Hall–Kier alpha value is -2.21. The molecule has 0 aliphatic carbocycles. The number of thioether (sulfide) groups is 1. The van der Waals surface area contributed by atoms with Gasteiger partial charge >= 0.3 is 0 Å². The number of aromatic nitrogens is 3. The van der Waals surface area contributed by atoms with Gasteiger partial charge < -0.3 is 0 Å². The van der Waals surface area contributed by atoms with Crippen molar-refractivity contribution in [3.8, 4) is 5.69 Å². The van der Waals surface area contributed by atoms with Crippen LogP contribution in [0.2, 0.25) is 0 Å². The lowest BCUT2D eigenvalue weighted by molar-refractivity contribution is 0.615. The smallest absolute Gasteiger partial charge is 0.266 e. The van der Waals surface area contributed by atoms with Crippen LogP contribution in [0.5, 0.6) is 0 Å². The van der Waals surface area contributed by atoms with Crippen LogP contribution in [0, 0.1) is 12.7 Å². The topological polar surface area (TPSA) is 47.8 Å². The van der Waals surface area contributed by atoms with Crippen LogP contribution in [-0.2, 0) is 0 Å². The van der Waals surface area contributed by atoms with Crippen molar-refractivity contribution >= 4 is 22.7 Å². The molecule has 3 aromatic rings. The second-order valence-corrected chi connectivity index (χ2v) is 5.33. The number of benzene rings is 1. The Morgan fingerprint density at radius 2 is 2.10 bits per heavy atom. The third-order valence-electron chi connectivity index (χ3n) is 3.24. The van der Waals surface area contributed by atoms with Gasteiger partial charge in [-0.05, 0) is 30.9 Å². The van der Waals surface area contributed by atoms with Gasteiger partial charge in [0.25, 0.3) is 5.56 Å². The SMILES string of the molecule is CSc1ncc2c(=O)n(-c3c(C)cccc3F)ccc2n1. The normalized spacial score (nSPS) is 11.0. The van der Waals surface area contributed by atoms with Gasteiger partial charge in [0, 0.05) is 12.4 Å². The molecular formula is C15H12FN3OS. The number of halogens is 1. The zero-order valence-electron chi connectivity index (χ0n) is 11.5. The molecule has 1 aromatic carbocycles. The van der Waals surface area contributed by atoms with E-state index < -0.39 is 5.82 Å². The Morgan fingerprint density at radius 1 is 1.29 bits per heavy atom. The Balaban J connectivity index is 2.31. The number of rotatable bonds is 2. The highest BCUT2D eigenvalue weighted by atomic mass is 32.2. The molecule has 6 heteroatoms. The molecule has 4 nitrogen and oxygen atoms in total. The first-order valence-electron chi connectivity index (χ1n) is 6.29. The number of hydrogen-bond acceptors (Lipinski definition) is 4. The molecule has 0 amide bonds. The van der Waals surface area contributed by atoms with Gasteiger partial charge in [-0.2, -0.15) is 0 Å². The van der Waals surface area contributed by atoms with Crippen LogP contribution in [0.4, 0.5) is 4.39 Å². The van der Waals surface area contributed by atoms with Crippen molar-refractivity contribution in [2.75, 3.05) is 6.26 Å². The van der Waals surface area contributed by atoms with E-state index in [9.17, 15) is 9.18 Å². The van der Waals surface area contributed by atoms with Crippen LogP contribution in [0.1, 0.15) is 5.56 Å². The predicted molar refractivity (Wildman–Crippen MR) is 81.6 cm³/mol. The molecule has 0 bridgehead atoms. The van der Waals surface area contributed by atoms with Gasteiger partial charge in [0.05, 0.1) is 16.6 Å². The summed E-state index contributed by atoms with van der Waals surface area (Å²) in [4.78, 5) is 20.9. The van der Waals surface area contributed by atoms with Crippen molar-refractivity contribution in [2.45, 2.75) is 12.1 Å². The summed E-state index contributed by atoms with van der Waals surface area (Å²) in [7, 11) is 0. The number of pyridine rings is 1. The van der Waals surface area contributed by atoms with E-state index in [-0.39, 0.29) is 11.2 Å². The monoisotopic (exact) mass is 301 g/mol. The fourth-order valence-corrected chi connectivity index (χ4v) is 2.56. The molecule has 3 rings (SSSR count). The molecule has 2 aromatic heterocycles. The first-order valence-corrected chi connectivity index (χ1v) is 7.52. The molecule has 0 saturated heterocycles. The molecule has 0 spiro atoms. The maximum absolute atomic E-state index is 14.0. The molecule has 0 atom stereocenters. The number of para-hydroxylation sites is 1. The lowest BCUT2D eigenvalue weighted by atomic mass is 10.2. The molecule has 0 N–H and O–H groups in total. The minimum atomic E-state index is -0.432. The molecule has 0 aliphatic heterocycles. The molecule has 0 fully saturated rings. The first-order chi connectivity index (χ1) is 10.1. The van der Waals surface area contributed by atoms with Crippen molar-refractivity contribution in [3.63, 3.8) is 0 Å². The molecule has 0 radical (unpaired) electrons. The number of aryl methyl sites for hydroxylation is 1. The van der Waals surface area contributed by atoms with Crippen LogP contribution in [0.25, 0.3) is 16.6 Å². The van der Waals surface area contributed by atoms with Crippen LogP contribution in [-0.4, -0.2) is 20.8 Å². The largest absolute Gasteiger partial charge is 0.280 e. The Bertz CT molecular complexity index is 871. The molecule has 0 saturated carbocycles. The quantitative estimate of drug-likeness (QED) is 0.539. The second-order valence-electron chi connectivity index (χ2n) is 4.55. The molecule has 21 heavy (non-hydrogen) atoms. The summed E-state index contributed by atoms with van der Waals surface area (Å²) in [5, 5.41) is 0.972. The highest BCUT2D eigenvalue weighted by Crippen LogP contribution is 2.18. The Morgan fingerprint density at radius 3 is 2.81 bits per heavy atom. The third-order valence-corrected chi connectivity index (χ3v) is 3.80. The highest BCUT2D eigenvalue weighted by molar-refractivity contribution is 7.98. The van der Waals surface area contributed by atoms with E-state index in [1.165, 1.54) is 28.6 Å². The first kappa shape index (κ1) is 13.8. The van der Waals surface area contributed by atoms with Crippen molar-refractivity contribution in [2.24, 2.45) is 0 Å². The molecule has 0 unspecified atom stereocenters. The standard InChI is InChI=1S/C15H12FN3OS/c1-9-4-3-5-11(16)13(9)19-7-6-12-10(14(19)20)8-17-15(18-12)21-2/h3-8H,1-2H3. The third kappa shape index (κ3) is 2.31. The van der Waals surface area contributed by atoms with Crippen LogP contribution < -0.4 is 5.56 Å². The highest BCUT2D eigenvalue weighted by Gasteiger charge is 2.12. The molecular weight excluding hydrogens is 289 g/mol.